The maximum absolute atomic E-state index is 5.29. The molecule has 0 radical (unpaired) electrons. The molecule has 2 nitrogen and oxygen atoms in total. The first-order chi connectivity index (χ1) is 10.3. The Kier molecular flexibility index (Phi) is 4.74. The van der Waals surface area contributed by atoms with Crippen molar-refractivity contribution in [3.05, 3.63) is 60.2 Å². The predicted octanol–water partition coefficient (Wildman–Crippen LogP) is 3.09. The molecule has 0 amide bonds. The summed E-state index contributed by atoms with van der Waals surface area (Å²) >= 11 is 0.527. The summed E-state index contributed by atoms with van der Waals surface area (Å²) in [6, 6.07) is 19.5. The second-order valence-electron chi connectivity index (χ2n) is 5.12. The van der Waals surface area contributed by atoms with Crippen LogP contribution < -0.4 is 9.20 Å². The minimum absolute atomic E-state index is 0.492. The van der Waals surface area contributed by atoms with E-state index in [0.29, 0.717) is 21.0 Å². The first-order valence-corrected chi connectivity index (χ1v) is 9.31. The molecule has 0 fully saturated rings. The standard InChI is InChI=1S/C18H19NOSe/c1-20-16-7-5-6-14(12-16)18-11-10-15(19-18)13-21-17-8-3-2-4-9-17/h2-9,12,15H,10-11,13H2,1H3. The second kappa shape index (κ2) is 6.93. The van der Waals surface area contributed by atoms with Crippen molar-refractivity contribution in [2.75, 3.05) is 7.11 Å². The SMILES string of the molecule is COc1cccc(C2=NC(C[Se]c3ccccc3)CC2)c1. The fourth-order valence-electron chi connectivity index (χ4n) is 2.50. The van der Waals surface area contributed by atoms with Gasteiger partial charge in [-0.3, -0.25) is 0 Å². The van der Waals surface area contributed by atoms with E-state index in [1.165, 1.54) is 27.5 Å². The number of nitrogens with zero attached hydrogens (tertiary/aromatic N) is 1. The molecule has 3 rings (SSSR count). The molecule has 0 aliphatic carbocycles. The summed E-state index contributed by atoms with van der Waals surface area (Å²) < 4.78 is 6.76. The van der Waals surface area contributed by atoms with E-state index >= 15 is 0 Å². The topological polar surface area (TPSA) is 21.6 Å². The van der Waals surface area contributed by atoms with E-state index in [9.17, 15) is 0 Å². The molecule has 0 aromatic heterocycles. The molecule has 0 saturated carbocycles. The van der Waals surface area contributed by atoms with Crippen LogP contribution in [-0.2, 0) is 0 Å². The van der Waals surface area contributed by atoms with Crippen molar-refractivity contribution in [1.29, 1.82) is 0 Å². The Labute approximate surface area is 132 Å². The number of ether oxygens (including phenoxy) is 1. The molecule has 21 heavy (non-hydrogen) atoms. The Morgan fingerprint density at radius 1 is 1.14 bits per heavy atom. The number of benzene rings is 2. The van der Waals surface area contributed by atoms with Crippen molar-refractivity contribution in [2.45, 2.75) is 24.2 Å². The quantitative estimate of drug-likeness (QED) is 0.764. The average Bonchev–Trinajstić information content (AvgIpc) is 3.03. The van der Waals surface area contributed by atoms with E-state index in [4.69, 9.17) is 9.73 Å². The molecule has 1 atom stereocenters. The van der Waals surface area contributed by atoms with Gasteiger partial charge >= 0.3 is 132 Å². The number of aliphatic imine (C=N–C) groups is 1. The van der Waals surface area contributed by atoms with Crippen molar-refractivity contribution in [1.82, 2.24) is 0 Å². The third-order valence-electron chi connectivity index (χ3n) is 3.64. The van der Waals surface area contributed by atoms with Gasteiger partial charge < -0.3 is 0 Å². The summed E-state index contributed by atoms with van der Waals surface area (Å²) in [5.41, 5.74) is 2.45. The van der Waals surface area contributed by atoms with Gasteiger partial charge in [0.15, 0.2) is 0 Å². The van der Waals surface area contributed by atoms with Crippen LogP contribution in [0.2, 0.25) is 5.32 Å². The minimum atomic E-state index is 0.492. The van der Waals surface area contributed by atoms with E-state index in [1.807, 2.05) is 12.1 Å². The molecule has 108 valence electrons. The van der Waals surface area contributed by atoms with Crippen LogP contribution in [0.4, 0.5) is 0 Å². The van der Waals surface area contributed by atoms with Crippen molar-refractivity contribution in [2.24, 2.45) is 4.99 Å². The van der Waals surface area contributed by atoms with Crippen molar-refractivity contribution < 1.29 is 4.74 Å². The molecule has 2 aromatic carbocycles. The molecule has 3 heteroatoms. The maximum atomic E-state index is 5.29. The van der Waals surface area contributed by atoms with Gasteiger partial charge in [-0.1, -0.05) is 0 Å². The molecule has 1 heterocycles. The van der Waals surface area contributed by atoms with Gasteiger partial charge in [-0.2, -0.15) is 0 Å². The van der Waals surface area contributed by atoms with Gasteiger partial charge in [0.2, 0.25) is 0 Å². The fraction of sp³-hybridized carbons (Fsp3) is 0.278. The van der Waals surface area contributed by atoms with E-state index in [1.54, 1.807) is 7.11 Å². The van der Waals surface area contributed by atoms with Gasteiger partial charge in [-0.05, 0) is 0 Å². The summed E-state index contributed by atoms with van der Waals surface area (Å²) in [5, 5.41) is 1.20. The predicted molar refractivity (Wildman–Crippen MR) is 89.2 cm³/mol. The van der Waals surface area contributed by atoms with Crippen molar-refractivity contribution in [3.8, 4) is 5.75 Å². The van der Waals surface area contributed by atoms with Crippen LogP contribution in [0.1, 0.15) is 18.4 Å². The van der Waals surface area contributed by atoms with Crippen LogP contribution in [0.3, 0.4) is 0 Å². The number of methoxy groups -OCH3 is 1. The Morgan fingerprint density at radius 2 is 2.00 bits per heavy atom. The monoisotopic (exact) mass is 345 g/mol. The molecule has 2 aromatic rings. The molecule has 1 aliphatic rings. The van der Waals surface area contributed by atoms with E-state index in [0.717, 1.165) is 12.2 Å². The van der Waals surface area contributed by atoms with Crippen LogP contribution in [0.5, 0.6) is 5.75 Å². The first-order valence-electron chi connectivity index (χ1n) is 7.24. The number of hydrogen-bond donors (Lipinski definition) is 0. The Balaban J connectivity index is 1.64. The van der Waals surface area contributed by atoms with Gasteiger partial charge in [-0.15, -0.1) is 0 Å². The van der Waals surface area contributed by atoms with Crippen LogP contribution in [0, 0.1) is 0 Å². The summed E-state index contributed by atoms with van der Waals surface area (Å²) in [7, 11) is 1.71. The Morgan fingerprint density at radius 3 is 2.81 bits per heavy atom. The van der Waals surface area contributed by atoms with Crippen LogP contribution in [-0.4, -0.2) is 33.8 Å². The third-order valence-corrected chi connectivity index (χ3v) is 6.07. The van der Waals surface area contributed by atoms with E-state index < -0.39 is 0 Å². The third kappa shape index (κ3) is 3.75. The molecular weight excluding hydrogens is 325 g/mol. The molecule has 1 unspecified atom stereocenters. The Hall–Kier alpha value is -1.57. The fourth-order valence-corrected chi connectivity index (χ4v) is 4.55. The van der Waals surface area contributed by atoms with Gasteiger partial charge in [0.05, 0.1) is 0 Å². The van der Waals surface area contributed by atoms with E-state index in [2.05, 4.69) is 42.5 Å². The summed E-state index contributed by atoms with van der Waals surface area (Å²) in [6.45, 7) is 0. The van der Waals surface area contributed by atoms with Crippen molar-refractivity contribution in [3.63, 3.8) is 0 Å². The Bertz CT molecular complexity index is 624. The zero-order valence-corrected chi connectivity index (χ0v) is 13.9. The van der Waals surface area contributed by atoms with Gasteiger partial charge in [-0.25, -0.2) is 0 Å². The van der Waals surface area contributed by atoms with Crippen molar-refractivity contribution >= 4 is 25.1 Å². The molecular formula is C18H19NOSe. The molecule has 1 aliphatic heterocycles. The molecule has 0 saturated heterocycles. The second-order valence-corrected chi connectivity index (χ2v) is 7.42. The first kappa shape index (κ1) is 14.4. The van der Waals surface area contributed by atoms with Crippen LogP contribution in [0.15, 0.2) is 59.6 Å². The summed E-state index contributed by atoms with van der Waals surface area (Å²) in [5.74, 6) is 0.909. The van der Waals surface area contributed by atoms with Gasteiger partial charge in [0.25, 0.3) is 0 Å². The molecule has 0 N–H and O–H groups in total. The zero-order chi connectivity index (χ0) is 14.5. The van der Waals surface area contributed by atoms with E-state index in [-0.39, 0.29) is 0 Å². The number of rotatable bonds is 5. The zero-order valence-electron chi connectivity index (χ0n) is 12.2. The van der Waals surface area contributed by atoms with Gasteiger partial charge in [0, 0.05) is 0 Å². The summed E-state index contributed by atoms with van der Waals surface area (Å²) in [4.78, 5) is 4.93. The molecule has 0 bridgehead atoms. The normalized spacial score (nSPS) is 17.6. The van der Waals surface area contributed by atoms with Gasteiger partial charge in [0.1, 0.15) is 0 Å². The van der Waals surface area contributed by atoms with Crippen LogP contribution in [0.25, 0.3) is 0 Å². The molecule has 0 spiro atoms. The number of hydrogen-bond acceptors (Lipinski definition) is 2. The average molecular weight is 344 g/mol. The summed E-state index contributed by atoms with van der Waals surface area (Å²) in [6.07, 6.45) is 2.27. The van der Waals surface area contributed by atoms with Crippen LogP contribution >= 0.6 is 0 Å².